The predicted molar refractivity (Wildman–Crippen MR) is 113 cm³/mol. The van der Waals surface area contributed by atoms with Crippen molar-refractivity contribution in [3.63, 3.8) is 0 Å². The third-order valence-corrected chi connectivity index (χ3v) is 5.18. The molecule has 0 fully saturated rings. The van der Waals surface area contributed by atoms with Crippen molar-refractivity contribution in [2.45, 2.75) is 34.1 Å². The lowest BCUT2D eigenvalue weighted by molar-refractivity contribution is 0.416. The molecule has 0 bridgehead atoms. The molecule has 0 aromatic carbocycles. The fourth-order valence-corrected chi connectivity index (χ4v) is 3.17. The highest BCUT2D eigenvalue weighted by atomic mass is 15.2. The number of nitrogens with zero attached hydrogens (tertiary/aromatic N) is 4. The van der Waals surface area contributed by atoms with Crippen LogP contribution in [0.5, 0.6) is 0 Å². The Morgan fingerprint density at radius 2 is 2.00 bits per heavy atom. The average molecular weight is 363 g/mol. The Morgan fingerprint density at radius 1 is 1.19 bits per heavy atom. The van der Waals surface area contributed by atoms with Crippen molar-refractivity contribution in [3.05, 3.63) is 53.5 Å². The van der Waals surface area contributed by atoms with Crippen molar-refractivity contribution in [3.8, 4) is 0 Å². The lowest BCUT2D eigenvalue weighted by atomic mass is 9.97. The van der Waals surface area contributed by atoms with Crippen LogP contribution in [0, 0.1) is 17.2 Å². The summed E-state index contributed by atoms with van der Waals surface area (Å²) in [5.41, 5.74) is 4.67. The molecule has 5 heteroatoms. The molecule has 0 amide bonds. The van der Waals surface area contributed by atoms with Gasteiger partial charge in [0.2, 0.25) is 0 Å². The monoisotopic (exact) mass is 362 g/mol. The molecule has 1 aliphatic heterocycles. The molecule has 27 heavy (non-hydrogen) atoms. The van der Waals surface area contributed by atoms with Gasteiger partial charge in [0.1, 0.15) is 11.4 Å². The molecule has 1 unspecified atom stereocenters. The minimum absolute atomic E-state index is 0.547. The smallest absolute Gasteiger partial charge is 0.356 e. The van der Waals surface area contributed by atoms with E-state index in [9.17, 15) is 0 Å². The van der Waals surface area contributed by atoms with Gasteiger partial charge >= 0.3 is 11.4 Å². The third kappa shape index (κ3) is 4.15. The second-order valence-electron chi connectivity index (χ2n) is 7.49. The van der Waals surface area contributed by atoms with Crippen molar-refractivity contribution >= 4 is 23.5 Å². The van der Waals surface area contributed by atoms with Crippen LogP contribution in [-0.4, -0.2) is 40.7 Å². The summed E-state index contributed by atoms with van der Waals surface area (Å²) in [6.45, 7) is 10.5. The van der Waals surface area contributed by atoms with E-state index in [4.69, 9.17) is 15.1 Å². The molecular weight excluding hydrogens is 334 g/mol. The molecule has 1 N–H and O–H groups in total. The molecule has 140 valence electrons. The molecule has 0 aliphatic carbocycles. The van der Waals surface area contributed by atoms with Crippen LogP contribution < -0.4 is 9.57 Å². The van der Waals surface area contributed by atoms with Gasteiger partial charge in [0.25, 0.3) is 0 Å². The van der Waals surface area contributed by atoms with Crippen LogP contribution in [0.25, 0.3) is 0 Å². The van der Waals surface area contributed by atoms with Gasteiger partial charge in [-0.15, -0.1) is 0 Å². The van der Waals surface area contributed by atoms with E-state index in [1.807, 2.05) is 25.1 Å². The molecular formula is C22H28N5+. The summed E-state index contributed by atoms with van der Waals surface area (Å²) in [7, 11) is 0. The molecule has 0 spiro atoms. The van der Waals surface area contributed by atoms with Crippen molar-refractivity contribution in [1.82, 2.24) is 14.6 Å². The van der Waals surface area contributed by atoms with E-state index in [0.717, 1.165) is 53.7 Å². The van der Waals surface area contributed by atoms with Gasteiger partial charge in [0.05, 0.1) is 0 Å². The van der Waals surface area contributed by atoms with Crippen LogP contribution in [0.15, 0.2) is 36.5 Å². The molecule has 3 rings (SSSR count). The summed E-state index contributed by atoms with van der Waals surface area (Å²) < 4.78 is 4.73. The lowest BCUT2D eigenvalue weighted by Gasteiger charge is -2.28. The fraction of sp³-hybridized carbons (Fsp3) is 0.409. The predicted octanol–water partition coefficient (Wildman–Crippen LogP) is 3.34. The van der Waals surface area contributed by atoms with Crippen LogP contribution in [0.2, 0.25) is 0 Å². The molecule has 2 aromatic heterocycles. The zero-order valence-corrected chi connectivity index (χ0v) is 16.6. The Morgan fingerprint density at radius 3 is 2.74 bits per heavy atom. The van der Waals surface area contributed by atoms with Gasteiger partial charge in [-0.25, -0.2) is 9.97 Å². The summed E-state index contributed by atoms with van der Waals surface area (Å²) >= 11 is 0. The van der Waals surface area contributed by atoms with Gasteiger partial charge in [0, 0.05) is 26.2 Å². The highest BCUT2D eigenvalue weighted by Crippen LogP contribution is 2.20. The molecule has 1 atom stereocenters. The minimum atomic E-state index is 0.547. The number of hydrogen-bond donors (Lipinski definition) is 1. The summed E-state index contributed by atoms with van der Waals surface area (Å²) in [6.07, 6.45) is 3.99. The molecule has 0 saturated carbocycles. The normalized spacial score (nSPS) is 13.8. The van der Waals surface area contributed by atoms with Gasteiger partial charge in [-0.1, -0.05) is 31.5 Å². The van der Waals surface area contributed by atoms with Crippen LogP contribution in [0.1, 0.15) is 51.1 Å². The van der Waals surface area contributed by atoms with Crippen LogP contribution >= 0.6 is 0 Å². The van der Waals surface area contributed by atoms with E-state index in [2.05, 4.69) is 42.8 Å². The zero-order valence-electron chi connectivity index (χ0n) is 16.6. The van der Waals surface area contributed by atoms with Gasteiger partial charge in [-0.05, 0) is 48.7 Å². The maximum Gasteiger partial charge on any atom is 0.362 e. The van der Waals surface area contributed by atoms with Crippen molar-refractivity contribution in [2.24, 2.45) is 11.8 Å². The number of pyridine rings is 2. The topological polar surface area (TPSA) is 67.0 Å². The Labute approximate surface area is 161 Å². The largest absolute Gasteiger partial charge is 0.362 e. The van der Waals surface area contributed by atoms with Crippen LogP contribution in [0.4, 0.5) is 5.82 Å². The molecule has 0 saturated heterocycles. The highest BCUT2D eigenvalue weighted by molar-refractivity contribution is 6.23. The standard InChI is InChI=1S/C22H28N5/c1-15(2)16(3)14-27(13-7-11-23)20-10-5-9-19(26-20)22-18-8-6-12-24-21(18)17(4)25-22/h5-6,8-12,15-16,23H,7,13-14H2,1-4H3/q+1. The maximum atomic E-state index is 7.41. The number of fused-ring (bicyclic) bond motifs is 1. The average Bonchev–Trinajstić information content (AvgIpc) is 3.02. The Balaban J connectivity index is 1.94. The first kappa shape index (κ1) is 19.0. The van der Waals surface area contributed by atoms with E-state index < -0.39 is 0 Å². The number of anilines is 1. The fourth-order valence-electron chi connectivity index (χ4n) is 3.17. The molecule has 3 heterocycles. The second kappa shape index (κ2) is 8.28. The van der Waals surface area contributed by atoms with Crippen LogP contribution in [0.3, 0.4) is 0 Å². The second-order valence-corrected chi connectivity index (χ2v) is 7.49. The Bertz CT molecular complexity index is 893. The molecule has 1 aliphatic rings. The van der Waals surface area contributed by atoms with Gasteiger partial charge in [0.15, 0.2) is 11.4 Å². The molecule has 5 nitrogen and oxygen atoms in total. The maximum absolute atomic E-state index is 7.41. The van der Waals surface area contributed by atoms with E-state index in [0.29, 0.717) is 11.8 Å². The zero-order chi connectivity index (χ0) is 19.4. The Hall–Kier alpha value is -2.78. The first-order valence-corrected chi connectivity index (χ1v) is 9.60. The van der Waals surface area contributed by atoms with E-state index in [-0.39, 0.29) is 0 Å². The third-order valence-electron chi connectivity index (χ3n) is 5.18. The van der Waals surface area contributed by atoms with E-state index >= 15 is 0 Å². The number of rotatable bonds is 8. The van der Waals surface area contributed by atoms with E-state index in [1.165, 1.54) is 6.21 Å². The quantitative estimate of drug-likeness (QED) is 0.578. The first-order valence-electron chi connectivity index (χ1n) is 9.60. The van der Waals surface area contributed by atoms with Crippen LogP contribution in [-0.2, 0) is 0 Å². The first-order chi connectivity index (χ1) is 13.0. The summed E-state index contributed by atoms with van der Waals surface area (Å²) in [4.78, 5) is 11.7. The summed E-state index contributed by atoms with van der Waals surface area (Å²) in [5.74, 6) is 2.09. The summed E-state index contributed by atoms with van der Waals surface area (Å²) in [5, 5.41) is 7.41. The SMILES string of the molecule is CC1=[N+]=C(c2cccc(N(CCC=N)CC(C)C(C)C)n2)c2cccnc21. The van der Waals surface area contributed by atoms with Gasteiger partial charge in [-0.2, -0.15) is 0 Å². The van der Waals surface area contributed by atoms with Crippen molar-refractivity contribution < 1.29 is 0 Å². The molecule has 0 radical (unpaired) electrons. The Kier molecular flexibility index (Phi) is 5.82. The van der Waals surface area contributed by atoms with E-state index in [1.54, 1.807) is 6.20 Å². The highest BCUT2D eigenvalue weighted by Gasteiger charge is 2.32. The lowest BCUT2D eigenvalue weighted by Crippen LogP contribution is -2.32. The van der Waals surface area contributed by atoms with Crippen molar-refractivity contribution in [1.29, 1.82) is 5.41 Å². The van der Waals surface area contributed by atoms with Crippen molar-refractivity contribution in [2.75, 3.05) is 18.0 Å². The number of aromatic nitrogens is 2. The number of hydrogen-bond acceptors (Lipinski definition) is 4. The minimum Gasteiger partial charge on any atom is -0.356 e. The van der Waals surface area contributed by atoms with Gasteiger partial charge in [-0.3, -0.25) is 0 Å². The molecule has 2 aromatic rings. The summed E-state index contributed by atoms with van der Waals surface area (Å²) in [6, 6.07) is 10.1. The number of nitrogens with one attached hydrogen (secondary N) is 1. The van der Waals surface area contributed by atoms with Gasteiger partial charge < -0.3 is 10.3 Å².